The summed E-state index contributed by atoms with van der Waals surface area (Å²) in [5.41, 5.74) is 1.48. The zero-order chi connectivity index (χ0) is 17.6. The number of carbonyl (C=O) groups is 2. The van der Waals surface area contributed by atoms with Gasteiger partial charge in [-0.25, -0.2) is 4.90 Å². The van der Waals surface area contributed by atoms with E-state index in [0.29, 0.717) is 5.69 Å². The molecule has 2 aromatic rings. The van der Waals surface area contributed by atoms with Crippen LogP contribution in [0, 0.1) is 5.92 Å². The Labute approximate surface area is 145 Å². The van der Waals surface area contributed by atoms with Crippen LogP contribution in [0.5, 0.6) is 5.75 Å². The van der Waals surface area contributed by atoms with Crippen LogP contribution < -0.4 is 9.64 Å². The minimum atomic E-state index is -0.787. The van der Waals surface area contributed by atoms with Gasteiger partial charge in [0.15, 0.2) is 6.10 Å². The number of imide groups is 1. The van der Waals surface area contributed by atoms with Gasteiger partial charge in [-0.05, 0) is 29.8 Å². The third kappa shape index (κ3) is 2.42. The summed E-state index contributed by atoms with van der Waals surface area (Å²) in [6.45, 7) is 0. The number of amides is 2. The van der Waals surface area contributed by atoms with Crippen molar-refractivity contribution in [1.29, 1.82) is 0 Å². The maximum absolute atomic E-state index is 13.0. The largest absolute Gasteiger partial charge is 0.497 e. The van der Waals surface area contributed by atoms with Crippen LogP contribution in [-0.2, 0) is 14.4 Å². The van der Waals surface area contributed by atoms with Gasteiger partial charge in [-0.1, -0.05) is 30.3 Å². The number of benzene rings is 2. The van der Waals surface area contributed by atoms with Gasteiger partial charge in [0.25, 0.3) is 5.91 Å². The number of carbonyl (C=O) groups excluding carboxylic acids is 2. The fraction of sp³-hybridized carbons (Fsp3) is 0.263. The number of nitrogens with zero attached hydrogens (tertiary/aromatic N) is 2. The first-order chi connectivity index (χ1) is 12.1. The number of hydrogen-bond acceptors (Lipinski definition) is 5. The van der Waals surface area contributed by atoms with Crippen LogP contribution in [0.3, 0.4) is 0 Å². The molecule has 0 bridgehead atoms. The molecule has 25 heavy (non-hydrogen) atoms. The summed E-state index contributed by atoms with van der Waals surface area (Å²) < 4.78 is 5.18. The van der Waals surface area contributed by atoms with Crippen LogP contribution in [0.2, 0.25) is 0 Å². The van der Waals surface area contributed by atoms with Crippen molar-refractivity contribution in [3.63, 3.8) is 0 Å². The third-order valence-electron chi connectivity index (χ3n) is 4.78. The van der Waals surface area contributed by atoms with Crippen molar-refractivity contribution in [2.24, 2.45) is 5.92 Å². The van der Waals surface area contributed by atoms with E-state index in [1.807, 2.05) is 30.3 Å². The Hall–Kier alpha value is -2.70. The molecule has 2 aromatic carbocycles. The van der Waals surface area contributed by atoms with Gasteiger partial charge < -0.3 is 4.74 Å². The summed E-state index contributed by atoms with van der Waals surface area (Å²) in [6.07, 6.45) is -0.787. The predicted octanol–water partition coefficient (Wildman–Crippen LogP) is 2.17. The molecule has 128 valence electrons. The number of anilines is 1. The molecule has 0 radical (unpaired) electrons. The van der Waals surface area contributed by atoms with E-state index in [9.17, 15) is 9.59 Å². The smallest absolute Gasteiger partial charge is 0.265 e. The van der Waals surface area contributed by atoms with E-state index < -0.39 is 12.0 Å². The maximum atomic E-state index is 13.0. The van der Waals surface area contributed by atoms with Crippen molar-refractivity contribution in [2.75, 3.05) is 19.1 Å². The lowest BCUT2D eigenvalue weighted by Crippen LogP contribution is -2.36. The van der Waals surface area contributed by atoms with Gasteiger partial charge in [-0.15, -0.1) is 0 Å². The van der Waals surface area contributed by atoms with E-state index in [1.54, 1.807) is 43.5 Å². The first kappa shape index (κ1) is 15.8. The van der Waals surface area contributed by atoms with Crippen molar-refractivity contribution < 1.29 is 19.2 Å². The van der Waals surface area contributed by atoms with Gasteiger partial charge in [-0.3, -0.25) is 14.4 Å². The number of hydroxylamine groups is 2. The van der Waals surface area contributed by atoms with Crippen LogP contribution >= 0.6 is 0 Å². The van der Waals surface area contributed by atoms with Crippen LogP contribution in [-0.4, -0.2) is 37.1 Å². The Bertz CT molecular complexity index is 806. The lowest BCUT2D eigenvalue weighted by molar-refractivity contribution is -0.160. The van der Waals surface area contributed by atoms with E-state index in [4.69, 9.17) is 9.57 Å². The van der Waals surface area contributed by atoms with Crippen LogP contribution in [0.15, 0.2) is 54.6 Å². The minimum absolute atomic E-state index is 0.230. The summed E-state index contributed by atoms with van der Waals surface area (Å²) >= 11 is 0. The molecule has 0 unspecified atom stereocenters. The number of methoxy groups -OCH3 is 1. The molecule has 2 heterocycles. The van der Waals surface area contributed by atoms with Gasteiger partial charge in [0, 0.05) is 7.05 Å². The molecule has 0 aromatic heterocycles. The van der Waals surface area contributed by atoms with Gasteiger partial charge in [0.1, 0.15) is 5.75 Å². The second kappa shape index (κ2) is 5.98. The van der Waals surface area contributed by atoms with Crippen molar-refractivity contribution >= 4 is 17.5 Å². The molecule has 6 nitrogen and oxygen atoms in total. The normalized spacial score (nSPS) is 26.2. The molecule has 0 aliphatic carbocycles. The van der Waals surface area contributed by atoms with Crippen molar-refractivity contribution in [3.05, 3.63) is 60.2 Å². The summed E-state index contributed by atoms with van der Waals surface area (Å²) in [5.74, 6) is -0.372. The van der Waals surface area contributed by atoms with E-state index in [-0.39, 0.29) is 17.9 Å². The average Bonchev–Trinajstić information content (AvgIpc) is 3.10. The molecule has 2 saturated heterocycles. The molecule has 6 heteroatoms. The Kier molecular flexibility index (Phi) is 3.78. The lowest BCUT2D eigenvalue weighted by atomic mass is 9.91. The van der Waals surface area contributed by atoms with Crippen molar-refractivity contribution in [1.82, 2.24) is 5.06 Å². The van der Waals surface area contributed by atoms with Crippen LogP contribution in [0.1, 0.15) is 11.6 Å². The summed E-state index contributed by atoms with van der Waals surface area (Å²) in [7, 11) is 3.35. The molecule has 0 saturated carbocycles. The molecule has 2 amide bonds. The number of ether oxygens (including phenoxy) is 1. The second-order valence-electron chi connectivity index (χ2n) is 6.16. The van der Waals surface area contributed by atoms with Crippen molar-refractivity contribution in [3.8, 4) is 5.75 Å². The number of hydrogen-bond donors (Lipinski definition) is 0. The molecule has 0 N–H and O–H groups in total. The minimum Gasteiger partial charge on any atom is -0.497 e. The predicted molar refractivity (Wildman–Crippen MR) is 90.8 cm³/mol. The SMILES string of the molecule is COc1ccc([C@@H]2[C@H]3C(=O)N(c4ccccc4)C(=O)[C@H]3ON2C)cc1. The number of rotatable bonds is 3. The molecular weight excluding hydrogens is 320 g/mol. The standard InChI is InChI=1S/C19H18N2O4/c1-20-16(12-8-10-14(24-2)11-9-12)15-17(25-20)19(23)21(18(15)22)13-6-4-3-5-7-13/h3-11,15-17H,1-2H3/t15-,16-,17+/m1/s1. The van der Waals surface area contributed by atoms with E-state index in [0.717, 1.165) is 11.3 Å². The zero-order valence-corrected chi connectivity index (χ0v) is 14.0. The Morgan fingerprint density at radius 3 is 2.28 bits per heavy atom. The Morgan fingerprint density at radius 2 is 1.64 bits per heavy atom. The molecule has 0 spiro atoms. The quantitative estimate of drug-likeness (QED) is 0.803. The van der Waals surface area contributed by atoms with Gasteiger partial charge in [0.05, 0.1) is 24.8 Å². The lowest BCUT2D eigenvalue weighted by Gasteiger charge is -2.24. The third-order valence-corrected chi connectivity index (χ3v) is 4.78. The summed E-state index contributed by atoms with van der Waals surface area (Å²) in [4.78, 5) is 32.7. The second-order valence-corrected chi connectivity index (χ2v) is 6.16. The van der Waals surface area contributed by atoms with Gasteiger partial charge in [-0.2, -0.15) is 5.06 Å². The molecule has 2 fully saturated rings. The molecule has 3 atom stereocenters. The number of para-hydroxylation sites is 1. The maximum Gasteiger partial charge on any atom is 0.265 e. The molecule has 2 aliphatic heterocycles. The Morgan fingerprint density at radius 1 is 0.960 bits per heavy atom. The van der Waals surface area contributed by atoms with E-state index in [1.165, 1.54) is 4.90 Å². The highest BCUT2D eigenvalue weighted by molar-refractivity contribution is 6.23. The highest BCUT2D eigenvalue weighted by Gasteiger charge is 2.59. The molecular formula is C19H18N2O4. The first-order valence-corrected chi connectivity index (χ1v) is 8.08. The first-order valence-electron chi connectivity index (χ1n) is 8.08. The van der Waals surface area contributed by atoms with E-state index in [2.05, 4.69) is 0 Å². The fourth-order valence-electron chi connectivity index (χ4n) is 3.60. The monoisotopic (exact) mass is 338 g/mol. The van der Waals surface area contributed by atoms with Gasteiger partial charge in [0.2, 0.25) is 5.91 Å². The molecule has 4 rings (SSSR count). The van der Waals surface area contributed by atoms with Crippen LogP contribution in [0.4, 0.5) is 5.69 Å². The fourth-order valence-corrected chi connectivity index (χ4v) is 3.60. The highest BCUT2D eigenvalue weighted by atomic mass is 16.7. The van der Waals surface area contributed by atoms with Gasteiger partial charge >= 0.3 is 0 Å². The van der Waals surface area contributed by atoms with Crippen LogP contribution in [0.25, 0.3) is 0 Å². The Balaban J connectivity index is 1.69. The average molecular weight is 338 g/mol. The topological polar surface area (TPSA) is 59.1 Å². The van der Waals surface area contributed by atoms with E-state index >= 15 is 0 Å². The zero-order valence-electron chi connectivity index (χ0n) is 14.0. The highest BCUT2D eigenvalue weighted by Crippen LogP contribution is 2.44. The summed E-state index contributed by atoms with van der Waals surface area (Å²) in [5, 5.41) is 1.61. The van der Waals surface area contributed by atoms with Crippen molar-refractivity contribution in [2.45, 2.75) is 12.1 Å². The number of fused-ring (bicyclic) bond motifs is 1. The summed E-state index contributed by atoms with van der Waals surface area (Å²) in [6, 6.07) is 16.1. The molecule has 2 aliphatic rings.